The topological polar surface area (TPSA) is 108 Å². The van der Waals surface area contributed by atoms with Gasteiger partial charge >= 0.3 is 5.97 Å². The molecule has 3 rings (SSSR count). The fraction of sp³-hybridized carbons (Fsp3) is 0.238. The maximum absolute atomic E-state index is 12.6. The molecule has 0 atom stereocenters. The number of ether oxygens (including phenoxy) is 1. The van der Waals surface area contributed by atoms with Crippen LogP contribution in [0.25, 0.3) is 5.69 Å². The van der Waals surface area contributed by atoms with Gasteiger partial charge in [0.1, 0.15) is 0 Å². The Labute approximate surface area is 179 Å². The van der Waals surface area contributed by atoms with Crippen molar-refractivity contribution in [1.82, 2.24) is 4.57 Å². The molecule has 7 nitrogen and oxygen atoms in total. The zero-order valence-corrected chi connectivity index (χ0v) is 18.3. The van der Waals surface area contributed by atoms with E-state index in [1.54, 1.807) is 36.5 Å². The largest absolute Gasteiger partial charge is 0.457 e. The van der Waals surface area contributed by atoms with Gasteiger partial charge in [-0.05, 0) is 73.0 Å². The van der Waals surface area contributed by atoms with E-state index in [-0.39, 0.29) is 23.7 Å². The number of aromatic nitrogens is 1. The number of hydrogen-bond acceptors (Lipinski definition) is 6. The third-order valence-electron chi connectivity index (χ3n) is 4.72. The van der Waals surface area contributed by atoms with Gasteiger partial charge in [-0.2, -0.15) is 11.3 Å². The van der Waals surface area contributed by atoms with E-state index in [9.17, 15) is 18.0 Å². The van der Waals surface area contributed by atoms with E-state index in [0.29, 0.717) is 23.4 Å². The van der Waals surface area contributed by atoms with Gasteiger partial charge in [-0.3, -0.25) is 9.59 Å². The number of aryl methyl sites for hydroxylation is 2. The monoisotopic (exact) mass is 446 g/mol. The zero-order valence-electron chi connectivity index (χ0n) is 16.6. The Hall–Kier alpha value is -2.75. The van der Waals surface area contributed by atoms with Crippen LogP contribution < -0.4 is 5.14 Å². The number of thiophene rings is 1. The minimum atomic E-state index is -3.78. The number of esters is 1. The van der Waals surface area contributed by atoms with E-state index in [4.69, 9.17) is 9.88 Å². The highest BCUT2D eigenvalue weighted by Crippen LogP contribution is 2.22. The standard InChI is InChI=1S/C21H22N2O5S2/c1-14-11-19(20(24)12-28-21(25)8-3-16-9-10-29-13-16)15(2)23(14)17-4-6-18(7-5-17)30(22,26)27/h4-7,9-11,13H,3,8,12H2,1-2H3,(H2,22,26,27). The highest BCUT2D eigenvalue weighted by Gasteiger charge is 2.18. The van der Waals surface area contributed by atoms with Crippen molar-refractivity contribution in [2.24, 2.45) is 5.14 Å². The lowest BCUT2D eigenvalue weighted by Gasteiger charge is -2.10. The van der Waals surface area contributed by atoms with Crippen molar-refractivity contribution in [2.75, 3.05) is 6.61 Å². The van der Waals surface area contributed by atoms with E-state index >= 15 is 0 Å². The third kappa shape index (κ3) is 5.05. The number of nitrogens with two attached hydrogens (primary N) is 1. The molecule has 2 aromatic heterocycles. The molecule has 9 heteroatoms. The molecule has 2 N–H and O–H groups in total. The highest BCUT2D eigenvalue weighted by molar-refractivity contribution is 7.89. The number of carbonyl (C=O) groups excluding carboxylic acids is 2. The van der Waals surface area contributed by atoms with Crippen molar-refractivity contribution in [3.05, 3.63) is 69.7 Å². The number of carbonyl (C=O) groups is 2. The lowest BCUT2D eigenvalue weighted by Crippen LogP contribution is -2.15. The van der Waals surface area contributed by atoms with Crippen LogP contribution in [0.15, 0.2) is 52.1 Å². The first-order chi connectivity index (χ1) is 14.2. The zero-order chi connectivity index (χ0) is 21.9. The molecule has 0 saturated carbocycles. The number of benzene rings is 1. The van der Waals surface area contributed by atoms with Crippen molar-refractivity contribution in [2.45, 2.75) is 31.6 Å². The van der Waals surface area contributed by atoms with Gasteiger partial charge in [0.05, 0.1) is 4.90 Å². The average Bonchev–Trinajstić information content (AvgIpc) is 3.31. The average molecular weight is 447 g/mol. The molecule has 0 fully saturated rings. The fourth-order valence-electron chi connectivity index (χ4n) is 3.20. The van der Waals surface area contributed by atoms with E-state index in [1.807, 2.05) is 28.3 Å². The number of rotatable bonds is 8. The molecule has 0 bridgehead atoms. The molecule has 0 aliphatic carbocycles. The van der Waals surface area contributed by atoms with Crippen LogP contribution >= 0.6 is 11.3 Å². The number of sulfonamides is 1. The SMILES string of the molecule is Cc1cc(C(=O)COC(=O)CCc2ccsc2)c(C)n1-c1ccc(S(N)(=O)=O)cc1. The fourth-order valence-corrected chi connectivity index (χ4v) is 4.42. The number of nitrogens with zero attached hydrogens (tertiary/aromatic N) is 1. The molecule has 0 radical (unpaired) electrons. The number of Topliss-reactive ketones (excluding diaryl/α,β-unsaturated/α-hetero) is 1. The van der Waals surface area contributed by atoms with Crippen LogP contribution in [0.1, 0.15) is 33.7 Å². The molecule has 3 aromatic rings. The summed E-state index contributed by atoms with van der Waals surface area (Å²) in [5, 5.41) is 9.06. The van der Waals surface area contributed by atoms with Gasteiger partial charge in [-0.15, -0.1) is 0 Å². The number of hydrogen-bond donors (Lipinski definition) is 1. The van der Waals surface area contributed by atoms with E-state index in [2.05, 4.69) is 0 Å². The summed E-state index contributed by atoms with van der Waals surface area (Å²) < 4.78 is 29.8. The summed E-state index contributed by atoms with van der Waals surface area (Å²) in [5.41, 5.74) is 3.69. The van der Waals surface area contributed by atoms with Gasteiger partial charge in [0.2, 0.25) is 15.8 Å². The van der Waals surface area contributed by atoms with Crippen molar-refractivity contribution < 1.29 is 22.7 Å². The second kappa shape index (κ2) is 8.95. The second-order valence-electron chi connectivity index (χ2n) is 6.87. The lowest BCUT2D eigenvalue weighted by molar-refractivity contribution is -0.142. The molecule has 0 saturated heterocycles. The quantitative estimate of drug-likeness (QED) is 0.422. The van der Waals surface area contributed by atoms with Gasteiger partial charge in [-0.1, -0.05) is 0 Å². The first-order valence-electron chi connectivity index (χ1n) is 9.19. The molecule has 1 aromatic carbocycles. The van der Waals surface area contributed by atoms with Gasteiger partial charge in [0.15, 0.2) is 6.61 Å². The smallest absolute Gasteiger partial charge is 0.306 e. The molecule has 0 unspecified atom stereocenters. The van der Waals surface area contributed by atoms with Crippen LogP contribution in [0.5, 0.6) is 0 Å². The molecule has 0 spiro atoms. The Bertz CT molecular complexity index is 1160. The van der Waals surface area contributed by atoms with Crippen LogP contribution in [-0.2, 0) is 26.0 Å². The molecular formula is C21H22N2O5S2. The summed E-state index contributed by atoms with van der Waals surface area (Å²) in [7, 11) is -3.78. The predicted octanol–water partition coefficient (Wildman–Crippen LogP) is 3.16. The summed E-state index contributed by atoms with van der Waals surface area (Å²) in [5.74, 6) is -0.707. The molecule has 0 amide bonds. The van der Waals surface area contributed by atoms with Crippen LogP contribution in [0.2, 0.25) is 0 Å². The second-order valence-corrected chi connectivity index (χ2v) is 9.22. The molecule has 30 heavy (non-hydrogen) atoms. The normalized spacial score (nSPS) is 11.4. The lowest BCUT2D eigenvalue weighted by atomic mass is 10.1. The summed E-state index contributed by atoms with van der Waals surface area (Å²) in [6, 6.07) is 9.76. The van der Waals surface area contributed by atoms with Crippen LogP contribution in [0, 0.1) is 13.8 Å². The first-order valence-corrected chi connectivity index (χ1v) is 11.7. The Kier molecular flexibility index (Phi) is 6.55. The van der Waals surface area contributed by atoms with Crippen molar-refractivity contribution in [3.63, 3.8) is 0 Å². The predicted molar refractivity (Wildman–Crippen MR) is 115 cm³/mol. The minimum Gasteiger partial charge on any atom is -0.457 e. The van der Waals surface area contributed by atoms with Gasteiger partial charge < -0.3 is 9.30 Å². The van der Waals surface area contributed by atoms with Crippen LogP contribution in [-0.4, -0.2) is 31.3 Å². The molecule has 0 aliphatic rings. The number of primary sulfonamides is 1. The van der Waals surface area contributed by atoms with Crippen LogP contribution in [0.3, 0.4) is 0 Å². The summed E-state index contributed by atoms with van der Waals surface area (Å²) in [6.07, 6.45) is 0.805. The van der Waals surface area contributed by atoms with E-state index < -0.39 is 16.0 Å². The number of ketones is 1. The Balaban J connectivity index is 1.68. The van der Waals surface area contributed by atoms with E-state index in [1.165, 1.54) is 12.1 Å². The molecule has 0 aliphatic heterocycles. The maximum Gasteiger partial charge on any atom is 0.306 e. The van der Waals surface area contributed by atoms with E-state index in [0.717, 1.165) is 11.3 Å². The Morgan fingerprint density at radius 3 is 2.43 bits per heavy atom. The summed E-state index contributed by atoms with van der Waals surface area (Å²) >= 11 is 1.57. The van der Waals surface area contributed by atoms with Gasteiger partial charge in [0, 0.05) is 29.1 Å². The molecule has 158 valence electrons. The van der Waals surface area contributed by atoms with Gasteiger partial charge in [-0.25, -0.2) is 13.6 Å². The van der Waals surface area contributed by atoms with Crippen molar-refractivity contribution in [1.29, 1.82) is 0 Å². The van der Waals surface area contributed by atoms with Crippen molar-refractivity contribution in [3.8, 4) is 5.69 Å². The van der Waals surface area contributed by atoms with Crippen molar-refractivity contribution >= 4 is 33.1 Å². The molecular weight excluding hydrogens is 424 g/mol. The molecule has 2 heterocycles. The summed E-state index contributed by atoms with van der Waals surface area (Å²) in [4.78, 5) is 24.5. The minimum absolute atomic E-state index is 0.0133. The highest BCUT2D eigenvalue weighted by atomic mass is 32.2. The maximum atomic E-state index is 12.6. The van der Waals surface area contributed by atoms with Crippen LogP contribution in [0.4, 0.5) is 0 Å². The Morgan fingerprint density at radius 2 is 1.83 bits per heavy atom. The first kappa shape index (κ1) is 21.9. The van der Waals surface area contributed by atoms with Gasteiger partial charge in [0.25, 0.3) is 0 Å². The third-order valence-corrected chi connectivity index (χ3v) is 6.38. The Morgan fingerprint density at radius 1 is 1.13 bits per heavy atom. The summed E-state index contributed by atoms with van der Waals surface area (Å²) in [6.45, 7) is 3.30.